The Morgan fingerprint density at radius 1 is 1.29 bits per heavy atom. The first-order chi connectivity index (χ1) is 9.58. The average molecular weight is 309 g/mol. The quantitative estimate of drug-likeness (QED) is 0.341. The number of hydrogen-bond donors (Lipinski definition) is 0. The van der Waals surface area contributed by atoms with Gasteiger partial charge in [0, 0.05) is 18.6 Å². The molecule has 0 saturated heterocycles. The van der Waals surface area contributed by atoms with Gasteiger partial charge in [-0.15, -0.1) is 0 Å². The summed E-state index contributed by atoms with van der Waals surface area (Å²) in [5, 5.41) is 10.7. The number of nitro benzene ring substituents is 1. The van der Waals surface area contributed by atoms with Crippen molar-refractivity contribution in [3.05, 3.63) is 39.9 Å². The van der Waals surface area contributed by atoms with Gasteiger partial charge in [0.25, 0.3) is 5.69 Å². The molecule has 0 radical (unpaired) electrons. The van der Waals surface area contributed by atoms with E-state index in [1.807, 2.05) is 0 Å². The normalized spacial score (nSPS) is 13.8. The topological polar surface area (TPSA) is 69.4 Å². The second-order valence-corrected chi connectivity index (χ2v) is 11.4. The van der Waals surface area contributed by atoms with Crippen LogP contribution in [0.4, 0.5) is 5.69 Å². The first-order valence-corrected chi connectivity index (χ1v) is 9.85. The fraction of sp³-hybridized carbons (Fsp3) is 0.533. The first kappa shape index (κ1) is 17.5. The van der Waals surface area contributed by atoms with Gasteiger partial charge in [0.2, 0.25) is 0 Å². The second kappa shape index (κ2) is 6.49. The number of nitro groups is 1. The number of carbonyl (C=O) groups excluding carboxylic acids is 1. The van der Waals surface area contributed by atoms with E-state index >= 15 is 0 Å². The van der Waals surface area contributed by atoms with Gasteiger partial charge in [0.15, 0.2) is 8.32 Å². The van der Waals surface area contributed by atoms with Crippen LogP contribution in [-0.2, 0) is 9.22 Å². The maximum Gasteiger partial charge on any atom is 0.269 e. The van der Waals surface area contributed by atoms with Crippen molar-refractivity contribution in [3.8, 4) is 0 Å². The number of nitrogens with zero attached hydrogens (tertiary/aromatic N) is 1. The third-order valence-corrected chi connectivity index (χ3v) is 8.52. The lowest BCUT2D eigenvalue weighted by molar-refractivity contribution is -0.384. The van der Waals surface area contributed by atoms with E-state index in [4.69, 9.17) is 4.43 Å². The van der Waals surface area contributed by atoms with Crippen LogP contribution in [0.1, 0.15) is 38.9 Å². The van der Waals surface area contributed by atoms with Gasteiger partial charge in [-0.25, -0.2) is 0 Å². The van der Waals surface area contributed by atoms with Gasteiger partial charge in [0.05, 0.1) is 11.0 Å². The molecule has 0 aliphatic rings. The summed E-state index contributed by atoms with van der Waals surface area (Å²) in [6, 6.07) is 6.23. The highest BCUT2D eigenvalue weighted by Gasteiger charge is 2.39. The number of aldehydes is 1. The third-order valence-electron chi connectivity index (χ3n) is 4.03. The van der Waals surface area contributed by atoms with Crippen LogP contribution < -0.4 is 0 Å². The van der Waals surface area contributed by atoms with Crippen molar-refractivity contribution in [2.75, 3.05) is 0 Å². The highest BCUT2D eigenvalue weighted by molar-refractivity contribution is 6.74. The molecule has 1 atom stereocenters. The molecule has 21 heavy (non-hydrogen) atoms. The van der Waals surface area contributed by atoms with Gasteiger partial charge < -0.3 is 9.22 Å². The number of carbonyl (C=O) groups is 1. The smallest absolute Gasteiger partial charge is 0.269 e. The van der Waals surface area contributed by atoms with Crippen molar-refractivity contribution in [2.24, 2.45) is 0 Å². The van der Waals surface area contributed by atoms with Crippen LogP contribution >= 0.6 is 0 Å². The van der Waals surface area contributed by atoms with Crippen molar-refractivity contribution in [2.45, 2.75) is 51.4 Å². The summed E-state index contributed by atoms with van der Waals surface area (Å²) >= 11 is 0. The maximum atomic E-state index is 10.9. The zero-order valence-corrected chi connectivity index (χ0v) is 14.3. The molecular weight excluding hydrogens is 286 g/mol. The molecule has 116 valence electrons. The van der Waals surface area contributed by atoms with Crippen LogP contribution in [0, 0.1) is 10.1 Å². The molecule has 0 bridgehead atoms. The Morgan fingerprint density at radius 2 is 1.81 bits per heavy atom. The Balaban J connectivity index is 3.01. The van der Waals surface area contributed by atoms with Gasteiger partial charge in [-0.05, 0) is 35.8 Å². The zero-order valence-electron chi connectivity index (χ0n) is 13.3. The molecule has 6 heteroatoms. The van der Waals surface area contributed by atoms with Crippen LogP contribution in [0.3, 0.4) is 0 Å². The second-order valence-electron chi connectivity index (χ2n) is 6.62. The molecule has 1 unspecified atom stereocenters. The standard InChI is InChI=1S/C15H23NO4Si/c1-15(2,3)21(4,5)20-14(10-11-17)12-6-8-13(9-7-12)16(18)19/h6-9,11,14H,10H2,1-5H3. The predicted octanol–water partition coefficient (Wildman–Crippen LogP) is 4.25. The Kier molecular flexibility index (Phi) is 5.41. The molecule has 0 N–H and O–H groups in total. The van der Waals surface area contributed by atoms with Crippen molar-refractivity contribution in [3.63, 3.8) is 0 Å². The SMILES string of the molecule is CC(C)(C)[Si](C)(C)OC(CC=O)c1ccc([N+](=O)[O-])cc1. The molecule has 5 nitrogen and oxygen atoms in total. The minimum atomic E-state index is -2.02. The molecule has 0 saturated carbocycles. The van der Waals surface area contributed by atoms with E-state index in [0.717, 1.165) is 11.8 Å². The number of hydrogen-bond acceptors (Lipinski definition) is 4. The van der Waals surface area contributed by atoms with E-state index < -0.39 is 13.2 Å². The number of benzene rings is 1. The molecule has 0 fully saturated rings. The highest BCUT2D eigenvalue weighted by atomic mass is 28.4. The molecule has 0 aliphatic carbocycles. The Morgan fingerprint density at radius 3 is 2.19 bits per heavy atom. The zero-order chi connectivity index (χ0) is 16.3. The van der Waals surface area contributed by atoms with Gasteiger partial charge in [0.1, 0.15) is 6.29 Å². The molecule has 1 aromatic rings. The van der Waals surface area contributed by atoms with E-state index in [1.165, 1.54) is 12.1 Å². The highest BCUT2D eigenvalue weighted by Crippen LogP contribution is 2.40. The summed E-state index contributed by atoms with van der Waals surface area (Å²) in [7, 11) is -2.02. The van der Waals surface area contributed by atoms with E-state index in [0.29, 0.717) is 0 Å². The lowest BCUT2D eigenvalue weighted by Gasteiger charge is -2.39. The van der Waals surface area contributed by atoms with Crippen LogP contribution in [0.15, 0.2) is 24.3 Å². The summed E-state index contributed by atoms with van der Waals surface area (Å²) in [6.07, 6.45) is 0.744. The summed E-state index contributed by atoms with van der Waals surface area (Å²) < 4.78 is 6.27. The van der Waals surface area contributed by atoms with Crippen molar-refractivity contribution in [1.82, 2.24) is 0 Å². The van der Waals surface area contributed by atoms with Gasteiger partial charge >= 0.3 is 0 Å². The van der Waals surface area contributed by atoms with Gasteiger partial charge in [-0.3, -0.25) is 10.1 Å². The Bertz CT molecular complexity index is 505. The molecule has 1 rings (SSSR count). The Labute approximate surface area is 126 Å². The first-order valence-electron chi connectivity index (χ1n) is 6.94. The monoisotopic (exact) mass is 309 g/mol. The van der Waals surface area contributed by atoms with E-state index in [2.05, 4.69) is 33.9 Å². The molecule has 0 aliphatic heterocycles. The average Bonchev–Trinajstić information content (AvgIpc) is 2.37. The summed E-state index contributed by atoms with van der Waals surface area (Å²) in [4.78, 5) is 21.2. The Hall–Kier alpha value is -1.53. The van der Waals surface area contributed by atoms with Crippen LogP contribution in [-0.4, -0.2) is 19.5 Å². The van der Waals surface area contributed by atoms with Crippen molar-refractivity contribution in [1.29, 1.82) is 0 Å². The van der Waals surface area contributed by atoms with Crippen molar-refractivity contribution < 1.29 is 14.1 Å². The van der Waals surface area contributed by atoms with Gasteiger partial charge in [-0.2, -0.15) is 0 Å². The molecule has 0 heterocycles. The minimum Gasteiger partial charge on any atom is -0.410 e. The fourth-order valence-electron chi connectivity index (χ4n) is 1.68. The van der Waals surface area contributed by atoms with E-state index in [9.17, 15) is 14.9 Å². The number of non-ortho nitro benzene ring substituents is 1. The summed E-state index contributed by atoms with van der Waals surface area (Å²) in [5.74, 6) is 0. The fourth-order valence-corrected chi connectivity index (χ4v) is 2.98. The number of rotatable bonds is 6. The molecule has 0 amide bonds. The minimum absolute atomic E-state index is 0.0366. The van der Waals surface area contributed by atoms with E-state index in [-0.39, 0.29) is 23.3 Å². The third kappa shape index (κ3) is 4.47. The largest absolute Gasteiger partial charge is 0.410 e. The van der Waals surface area contributed by atoms with Crippen LogP contribution in [0.25, 0.3) is 0 Å². The maximum absolute atomic E-state index is 10.9. The predicted molar refractivity (Wildman–Crippen MR) is 84.8 cm³/mol. The van der Waals surface area contributed by atoms with Crippen molar-refractivity contribution >= 4 is 20.3 Å². The van der Waals surface area contributed by atoms with Crippen LogP contribution in [0.5, 0.6) is 0 Å². The lowest BCUT2D eigenvalue weighted by atomic mass is 10.1. The van der Waals surface area contributed by atoms with Crippen LogP contribution in [0.2, 0.25) is 18.1 Å². The lowest BCUT2D eigenvalue weighted by Crippen LogP contribution is -2.41. The molecule has 1 aromatic carbocycles. The molecule has 0 spiro atoms. The summed E-state index contributed by atoms with van der Waals surface area (Å²) in [6.45, 7) is 10.6. The van der Waals surface area contributed by atoms with Gasteiger partial charge in [-0.1, -0.05) is 20.8 Å². The summed E-state index contributed by atoms with van der Waals surface area (Å²) in [5.41, 5.74) is 0.841. The molecular formula is C15H23NO4Si. The molecule has 0 aromatic heterocycles. The van der Waals surface area contributed by atoms with E-state index in [1.54, 1.807) is 12.1 Å².